The molecule has 0 saturated heterocycles. The van der Waals surface area contributed by atoms with Gasteiger partial charge in [-0.3, -0.25) is 0 Å². The minimum Gasteiger partial charge on any atom is -0.396 e. The molecule has 2 aromatic rings. The van der Waals surface area contributed by atoms with Gasteiger partial charge in [0.05, 0.1) is 5.52 Å². The van der Waals surface area contributed by atoms with Gasteiger partial charge in [-0.1, -0.05) is 13.0 Å². The lowest BCUT2D eigenvalue weighted by Gasteiger charge is -2.19. The average Bonchev–Trinajstić information content (AvgIpc) is 2.76. The molecule has 0 saturated carbocycles. The Morgan fingerprint density at radius 1 is 1.41 bits per heavy atom. The van der Waals surface area contributed by atoms with Gasteiger partial charge in [-0.25, -0.2) is 0 Å². The molecule has 0 fully saturated rings. The van der Waals surface area contributed by atoms with Crippen molar-refractivity contribution >= 4 is 10.9 Å². The van der Waals surface area contributed by atoms with Crippen LogP contribution in [0.25, 0.3) is 10.9 Å². The molecule has 90 valence electrons. The maximum Gasteiger partial charge on any atom is 0.0513 e. The molecule has 1 aliphatic heterocycles. The Hall–Kier alpha value is -1.28. The van der Waals surface area contributed by atoms with E-state index in [9.17, 15) is 5.11 Å². The Balaban J connectivity index is 2.17. The first-order valence-corrected chi connectivity index (χ1v) is 6.56. The molecule has 17 heavy (non-hydrogen) atoms. The summed E-state index contributed by atoms with van der Waals surface area (Å²) in [6.07, 6.45) is 5.60. The van der Waals surface area contributed by atoms with E-state index in [1.807, 2.05) is 0 Å². The van der Waals surface area contributed by atoms with Crippen molar-refractivity contribution in [2.24, 2.45) is 0 Å². The van der Waals surface area contributed by atoms with Gasteiger partial charge in [-0.05, 0) is 42.5 Å². The van der Waals surface area contributed by atoms with Crippen molar-refractivity contribution in [3.8, 4) is 0 Å². The Bertz CT molecular complexity index is 537. The summed E-state index contributed by atoms with van der Waals surface area (Å²) < 4.78 is 2.36. The van der Waals surface area contributed by atoms with Crippen LogP contribution in [0.3, 0.4) is 0 Å². The van der Waals surface area contributed by atoms with Crippen LogP contribution < -0.4 is 0 Å². The summed E-state index contributed by atoms with van der Waals surface area (Å²) in [5.74, 6) is 0.293. The number of hydrogen-bond donors (Lipinski definition) is 1. The third-order valence-electron chi connectivity index (χ3n) is 3.99. The minimum absolute atomic E-state index is 0.252. The summed E-state index contributed by atoms with van der Waals surface area (Å²) in [6.45, 7) is 3.54. The SMILES string of the molecule is CCC(CO)c1cc2c3c(ccn3CCC2)c1. The number of hydrogen-bond acceptors (Lipinski definition) is 1. The molecular weight excluding hydrogens is 210 g/mol. The van der Waals surface area contributed by atoms with Crippen LogP contribution in [0.1, 0.15) is 36.8 Å². The molecule has 2 nitrogen and oxygen atoms in total. The molecule has 2 heteroatoms. The molecule has 1 aromatic carbocycles. The highest BCUT2D eigenvalue weighted by molar-refractivity contribution is 5.85. The summed E-state index contributed by atoms with van der Waals surface area (Å²) in [6, 6.07) is 6.77. The van der Waals surface area contributed by atoms with Crippen LogP contribution in [0.5, 0.6) is 0 Å². The number of nitrogens with zero attached hydrogens (tertiary/aromatic N) is 1. The Labute approximate surface area is 102 Å². The summed E-state index contributed by atoms with van der Waals surface area (Å²) >= 11 is 0. The Morgan fingerprint density at radius 3 is 3.06 bits per heavy atom. The summed E-state index contributed by atoms with van der Waals surface area (Å²) in [5.41, 5.74) is 4.17. The zero-order chi connectivity index (χ0) is 11.8. The molecule has 0 amide bonds. The van der Waals surface area contributed by atoms with Gasteiger partial charge in [0.15, 0.2) is 0 Å². The third kappa shape index (κ3) is 1.67. The summed E-state index contributed by atoms with van der Waals surface area (Å²) in [7, 11) is 0. The predicted octanol–water partition coefficient (Wildman–Crippen LogP) is 3.07. The fourth-order valence-corrected chi connectivity index (χ4v) is 2.99. The van der Waals surface area contributed by atoms with Crippen molar-refractivity contribution in [2.75, 3.05) is 6.61 Å². The molecule has 1 unspecified atom stereocenters. The van der Waals surface area contributed by atoms with Crippen LogP contribution in [-0.4, -0.2) is 16.3 Å². The Kier molecular flexibility index (Phi) is 2.67. The predicted molar refractivity (Wildman–Crippen MR) is 70.4 cm³/mol. The molecule has 1 aliphatic rings. The number of benzene rings is 1. The maximum absolute atomic E-state index is 9.43. The number of aliphatic hydroxyl groups excluding tert-OH is 1. The molecule has 0 aliphatic carbocycles. The molecule has 3 rings (SSSR count). The monoisotopic (exact) mass is 229 g/mol. The second-order valence-corrected chi connectivity index (χ2v) is 5.02. The number of rotatable bonds is 3. The van der Waals surface area contributed by atoms with Gasteiger partial charge >= 0.3 is 0 Å². The van der Waals surface area contributed by atoms with E-state index in [-0.39, 0.29) is 6.61 Å². The van der Waals surface area contributed by atoms with Gasteiger partial charge in [-0.15, -0.1) is 0 Å². The van der Waals surface area contributed by atoms with E-state index in [0.717, 1.165) is 13.0 Å². The van der Waals surface area contributed by atoms with Crippen LogP contribution >= 0.6 is 0 Å². The largest absolute Gasteiger partial charge is 0.396 e. The normalized spacial score (nSPS) is 16.4. The third-order valence-corrected chi connectivity index (χ3v) is 3.99. The van der Waals surface area contributed by atoms with E-state index in [1.54, 1.807) is 0 Å². The Morgan fingerprint density at radius 2 is 2.29 bits per heavy atom. The minimum atomic E-state index is 0.252. The highest BCUT2D eigenvalue weighted by Crippen LogP contribution is 2.31. The molecule has 0 spiro atoms. The topological polar surface area (TPSA) is 25.2 Å². The summed E-state index contributed by atoms with van der Waals surface area (Å²) in [5, 5.41) is 10.8. The first-order valence-electron chi connectivity index (χ1n) is 6.56. The molecule has 1 N–H and O–H groups in total. The maximum atomic E-state index is 9.43. The fourth-order valence-electron chi connectivity index (χ4n) is 2.99. The van der Waals surface area contributed by atoms with E-state index >= 15 is 0 Å². The lowest BCUT2D eigenvalue weighted by atomic mass is 9.92. The number of aromatic nitrogens is 1. The second kappa shape index (κ2) is 4.19. The molecular formula is C15H19NO. The van der Waals surface area contributed by atoms with Gasteiger partial charge in [-0.2, -0.15) is 0 Å². The highest BCUT2D eigenvalue weighted by atomic mass is 16.3. The van der Waals surface area contributed by atoms with Crippen molar-refractivity contribution in [1.82, 2.24) is 4.57 Å². The standard InChI is InChI=1S/C15H19NO/c1-2-11(10-17)14-8-12-4-3-6-16-7-5-13(9-14)15(12)16/h5,7-9,11,17H,2-4,6,10H2,1H3. The van der Waals surface area contributed by atoms with E-state index in [0.29, 0.717) is 5.92 Å². The van der Waals surface area contributed by atoms with E-state index < -0.39 is 0 Å². The van der Waals surface area contributed by atoms with Gasteiger partial charge in [0.1, 0.15) is 0 Å². The van der Waals surface area contributed by atoms with Gasteiger partial charge in [0.2, 0.25) is 0 Å². The molecule has 2 heterocycles. The van der Waals surface area contributed by atoms with Crippen molar-refractivity contribution in [2.45, 2.75) is 38.6 Å². The van der Waals surface area contributed by atoms with Crippen LogP contribution in [0, 0.1) is 0 Å². The zero-order valence-corrected chi connectivity index (χ0v) is 10.3. The zero-order valence-electron chi connectivity index (χ0n) is 10.3. The fraction of sp³-hybridized carbons (Fsp3) is 0.467. The summed E-state index contributed by atoms with van der Waals surface area (Å²) in [4.78, 5) is 0. The second-order valence-electron chi connectivity index (χ2n) is 5.02. The van der Waals surface area contributed by atoms with Gasteiger partial charge in [0, 0.05) is 30.7 Å². The molecule has 1 aromatic heterocycles. The van der Waals surface area contributed by atoms with E-state index in [2.05, 4.69) is 35.9 Å². The van der Waals surface area contributed by atoms with Crippen LogP contribution in [0.4, 0.5) is 0 Å². The average molecular weight is 229 g/mol. The van der Waals surface area contributed by atoms with Crippen molar-refractivity contribution < 1.29 is 5.11 Å². The van der Waals surface area contributed by atoms with Crippen molar-refractivity contribution in [3.63, 3.8) is 0 Å². The number of aliphatic hydroxyl groups is 1. The number of aryl methyl sites for hydroxylation is 2. The van der Waals surface area contributed by atoms with Crippen molar-refractivity contribution in [1.29, 1.82) is 0 Å². The molecule has 0 bridgehead atoms. The van der Waals surface area contributed by atoms with Crippen molar-refractivity contribution in [3.05, 3.63) is 35.5 Å². The molecule has 1 atom stereocenters. The van der Waals surface area contributed by atoms with E-state index in [4.69, 9.17) is 0 Å². The lowest BCUT2D eigenvalue weighted by molar-refractivity contribution is 0.262. The first kappa shape index (κ1) is 10.8. The lowest BCUT2D eigenvalue weighted by Crippen LogP contribution is -2.09. The molecule has 0 radical (unpaired) electrons. The smallest absolute Gasteiger partial charge is 0.0513 e. The highest BCUT2D eigenvalue weighted by Gasteiger charge is 2.16. The van der Waals surface area contributed by atoms with Crippen LogP contribution in [0.15, 0.2) is 24.4 Å². The van der Waals surface area contributed by atoms with Gasteiger partial charge < -0.3 is 9.67 Å². The van der Waals surface area contributed by atoms with Crippen LogP contribution in [-0.2, 0) is 13.0 Å². The van der Waals surface area contributed by atoms with E-state index in [1.165, 1.54) is 34.9 Å². The van der Waals surface area contributed by atoms with Gasteiger partial charge in [0.25, 0.3) is 0 Å². The first-order chi connectivity index (χ1) is 8.33. The quantitative estimate of drug-likeness (QED) is 0.859. The van der Waals surface area contributed by atoms with Crippen LogP contribution in [0.2, 0.25) is 0 Å².